The molecule has 4 nitrogen and oxygen atoms in total. The number of nitrogens with zero attached hydrogens (tertiary/aromatic N) is 3. The molecule has 1 aliphatic rings. The molecule has 4 heteroatoms. The Kier molecular flexibility index (Phi) is 5.00. The van der Waals surface area contributed by atoms with Crippen LogP contribution >= 0.6 is 0 Å². The van der Waals surface area contributed by atoms with Gasteiger partial charge in [0, 0.05) is 45.0 Å². The minimum absolute atomic E-state index is 0.298. The SMILES string of the molecule is CNC(CN1CCN(c2ccccn2)CC1)C(C)(C)C. The summed E-state index contributed by atoms with van der Waals surface area (Å²) in [6, 6.07) is 6.66. The van der Waals surface area contributed by atoms with Gasteiger partial charge in [0.05, 0.1) is 0 Å². The number of aromatic nitrogens is 1. The van der Waals surface area contributed by atoms with E-state index in [2.05, 4.69) is 60.1 Å². The van der Waals surface area contributed by atoms with Crippen molar-refractivity contribution in [1.29, 1.82) is 0 Å². The summed E-state index contributed by atoms with van der Waals surface area (Å²) >= 11 is 0. The van der Waals surface area contributed by atoms with Crippen molar-refractivity contribution in [3.8, 4) is 0 Å². The maximum absolute atomic E-state index is 4.44. The van der Waals surface area contributed by atoms with E-state index in [-0.39, 0.29) is 0 Å². The summed E-state index contributed by atoms with van der Waals surface area (Å²) < 4.78 is 0. The lowest BCUT2D eigenvalue weighted by Crippen LogP contribution is -2.53. The molecule has 1 saturated heterocycles. The smallest absolute Gasteiger partial charge is 0.128 e. The van der Waals surface area contributed by atoms with Crippen LogP contribution in [0.5, 0.6) is 0 Å². The Labute approximate surface area is 123 Å². The highest BCUT2D eigenvalue weighted by Crippen LogP contribution is 2.21. The molecule has 0 amide bonds. The van der Waals surface area contributed by atoms with Crippen LogP contribution in [0.1, 0.15) is 20.8 Å². The van der Waals surface area contributed by atoms with Gasteiger partial charge in [-0.15, -0.1) is 0 Å². The quantitative estimate of drug-likeness (QED) is 0.909. The van der Waals surface area contributed by atoms with Crippen LogP contribution in [0.25, 0.3) is 0 Å². The molecule has 0 radical (unpaired) electrons. The zero-order valence-corrected chi connectivity index (χ0v) is 13.3. The highest BCUT2D eigenvalue weighted by molar-refractivity contribution is 5.38. The lowest BCUT2D eigenvalue weighted by atomic mass is 9.86. The monoisotopic (exact) mass is 276 g/mol. The molecule has 1 aliphatic heterocycles. The predicted octanol–water partition coefficient (Wildman–Crippen LogP) is 1.84. The molecule has 0 aliphatic carbocycles. The van der Waals surface area contributed by atoms with Crippen LogP contribution in [0, 0.1) is 5.41 Å². The molecular formula is C16H28N4. The predicted molar refractivity (Wildman–Crippen MR) is 85.2 cm³/mol. The Bertz CT molecular complexity index is 391. The third kappa shape index (κ3) is 3.93. The average Bonchev–Trinajstić information content (AvgIpc) is 2.45. The zero-order chi connectivity index (χ0) is 14.6. The van der Waals surface area contributed by atoms with Gasteiger partial charge in [-0.05, 0) is 24.6 Å². The van der Waals surface area contributed by atoms with Crippen LogP contribution in [-0.4, -0.2) is 55.7 Å². The summed E-state index contributed by atoms with van der Waals surface area (Å²) in [6.45, 7) is 12.4. The molecule has 112 valence electrons. The largest absolute Gasteiger partial charge is 0.354 e. The van der Waals surface area contributed by atoms with E-state index in [1.165, 1.54) is 0 Å². The van der Waals surface area contributed by atoms with Crippen molar-refractivity contribution >= 4 is 5.82 Å². The molecule has 1 atom stereocenters. The molecule has 0 bridgehead atoms. The number of nitrogens with one attached hydrogen (secondary N) is 1. The van der Waals surface area contributed by atoms with Crippen molar-refractivity contribution in [2.45, 2.75) is 26.8 Å². The van der Waals surface area contributed by atoms with Gasteiger partial charge in [0.25, 0.3) is 0 Å². The van der Waals surface area contributed by atoms with Gasteiger partial charge in [-0.3, -0.25) is 4.90 Å². The van der Waals surface area contributed by atoms with Crippen molar-refractivity contribution < 1.29 is 0 Å². The van der Waals surface area contributed by atoms with E-state index in [1.54, 1.807) is 0 Å². The Morgan fingerprint density at radius 2 is 1.90 bits per heavy atom. The van der Waals surface area contributed by atoms with Crippen molar-refractivity contribution in [2.24, 2.45) is 5.41 Å². The summed E-state index contributed by atoms with van der Waals surface area (Å²) in [5.74, 6) is 1.10. The molecule has 1 aromatic rings. The number of piperazine rings is 1. The van der Waals surface area contributed by atoms with Gasteiger partial charge in [0.1, 0.15) is 5.82 Å². The second-order valence-electron chi connectivity index (χ2n) is 6.68. The van der Waals surface area contributed by atoms with Gasteiger partial charge in [-0.2, -0.15) is 0 Å². The normalized spacial score (nSPS) is 19.1. The lowest BCUT2D eigenvalue weighted by molar-refractivity contribution is 0.172. The van der Waals surface area contributed by atoms with Gasteiger partial charge in [-0.25, -0.2) is 4.98 Å². The first kappa shape index (κ1) is 15.3. The molecule has 1 aromatic heterocycles. The Balaban J connectivity index is 1.85. The summed E-state index contributed by atoms with van der Waals surface area (Å²) in [6.07, 6.45) is 1.87. The molecule has 0 saturated carbocycles. The number of hydrogen-bond donors (Lipinski definition) is 1. The van der Waals surface area contributed by atoms with Gasteiger partial charge in [0.2, 0.25) is 0 Å². The molecular weight excluding hydrogens is 248 g/mol. The summed E-state index contributed by atoms with van der Waals surface area (Å²) in [5, 5.41) is 3.46. The summed E-state index contributed by atoms with van der Waals surface area (Å²) in [4.78, 5) is 9.38. The highest BCUT2D eigenvalue weighted by Gasteiger charge is 2.27. The minimum Gasteiger partial charge on any atom is -0.354 e. The van der Waals surface area contributed by atoms with Gasteiger partial charge in [0.15, 0.2) is 0 Å². The van der Waals surface area contributed by atoms with E-state index in [1.807, 2.05) is 12.3 Å². The molecule has 0 aromatic carbocycles. The van der Waals surface area contributed by atoms with Crippen LogP contribution in [0.15, 0.2) is 24.4 Å². The molecule has 20 heavy (non-hydrogen) atoms. The number of rotatable bonds is 4. The number of likely N-dealkylation sites (N-methyl/N-ethyl adjacent to an activating group) is 1. The van der Waals surface area contributed by atoms with Crippen molar-refractivity contribution in [3.63, 3.8) is 0 Å². The molecule has 1 fully saturated rings. The van der Waals surface area contributed by atoms with Gasteiger partial charge < -0.3 is 10.2 Å². The molecule has 2 heterocycles. The average molecular weight is 276 g/mol. The van der Waals surface area contributed by atoms with Crippen molar-refractivity contribution in [2.75, 3.05) is 44.7 Å². The fourth-order valence-corrected chi connectivity index (χ4v) is 2.76. The summed E-state index contributed by atoms with van der Waals surface area (Å²) in [5.41, 5.74) is 0.298. The fraction of sp³-hybridized carbons (Fsp3) is 0.688. The Morgan fingerprint density at radius 3 is 2.40 bits per heavy atom. The van der Waals surface area contributed by atoms with E-state index in [4.69, 9.17) is 0 Å². The van der Waals surface area contributed by atoms with E-state index in [0.29, 0.717) is 11.5 Å². The lowest BCUT2D eigenvalue weighted by Gasteiger charge is -2.40. The van der Waals surface area contributed by atoms with E-state index < -0.39 is 0 Å². The summed E-state index contributed by atoms with van der Waals surface area (Å²) in [7, 11) is 2.07. The van der Waals surface area contributed by atoms with E-state index >= 15 is 0 Å². The number of hydrogen-bond acceptors (Lipinski definition) is 4. The van der Waals surface area contributed by atoms with Crippen LogP contribution in [0.3, 0.4) is 0 Å². The molecule has 0 spiro atoms. The zero-order valence-electron chi connectivity index (χ0n) is 13.3. The maximum Gasteiger partial charge on any atom is 0.128 e. The second-order valence-corrected chi connectivity index (χ2v) is 6.68. The number of pyridine rings is 1. The van der Waals surface area contributed by atoms with Crippen LogP contribution in [0.2, 0.25) is 0 Å². The maximum atomic E-state index is 4.44. The van der Waals surface area contributed by atoms with Gasteiger partial charge >= 0.3 is 0 Å². The topological polar surface area (TPSA) is 31.4 Å². The molecule has 2 rings (SSSR count). The van der Waals surface area contributed by atoms with Crippen LogP contribution < -0.4 is 10.2 Å². The standard InChI is InChI=1S/C16H28N4/c1-16(2,3)14(17-4)13-19-9-11-20(12-10-19)15-7-5-6-8-18-15/h5-8,14,17H,9-13H2,1-4H3. The first-order valence-corrected chi connectivity index (χ1v) is 7.56. The third-order valence-electron chi connectivity index (χ3n) is 4.18. The second kappa shape index (κ2) is 6.55. The molecule has 1 unspecified atom stereocenters. The van der Waals surface area contributed by atoms with Crippen LogP contribution in [0.4, 0.5) is 5.82 Å². The number of anilines is 1. The van der Waals surface area contributed by atoms with Crippen LogP contribution in [-0.2, 0) is 0 Å². The minimum atomic E-state index is 0.298. The third-order valence-corrected chi connectivity index (χ3v) is 4.18. The fourth-order valence-electron chi connectivity index (χ4n) is 2.76. The van der Waals surface area contributed by atoms with Crippen molar-refractivity contribution in [1.82, 2.24) is 15.2 Å². The Morgan fingerprint density at radius 1 is 1.20 bits per heavy atom. The van der Waals surface area contributed by atoms with Gasteiger partial charge in [-0.1, -0.05) is 26.8 Å². The van der Waals surface area contributed by atoms with E-state index in [9.17, 15) is 0 Å². The first-order chi connectivity index (χ1) is 9.50. The van der Waals surface area contributed by atoms with E-state index in [0.717, 1.165) is 38.5 Å². The van der Waals surface area contributed by atoms with Crippen molar-refractivity contribution in [3.05, 3.63) is 24.4 Å². The molecule has 1 N–H and O–H groups in total. The Hall–Kier alpha value is -1.13. The first-order valence-electron chi connectivity index (χ1n) is 7.56. The highest BCUT2D eigenvalue weighted by atomic mass is 15.3.